The van der Waals surface area contributed by atoms with Gasteiger partial charge >= 0.3 is 0 Å². The van der Waals surface area contributed by atoms with Crippen molar-refractivity contribution in [2.24, 2.45) is 0 Å². The normalized spacial score (nSPS) is 13.0. The molecule has 1 unspecified atom stereocenters. The number of carbonyl (C=O) groups excluding carboxylic acids is 2. The van der Waals surface area contributed by atoms with Gasteiger partial charge in [-0.1, -0.05) is 12.1 Å². The first-order valence-electron chi connectivity index (χ1n) is 7.80. The molecule has 0 aromatic heterocycles. The number of carbonyl (C=O) groups is 2. The summed E-state index contributed by atoms with van der Waals surface area (Å²) in [6.07, 6.45) is 0. The summed E-state index contributed by atoms with van der Waals surface area (Å²) in [5.74, 6) is -1.61. The van der Waals surface area contributed by atoms with Crippen LogP contribution in [0.4, 0.5) is 20.2 Å². The molecule has 2 rings (SSSR count). The Hall–Kier alpha value is -2.80. The Bertz CT molecular complexity index is 750. The van der Waals surface area contributed by atoms with Gasteiger partial charge in [0.05, 0.1) is 12.7 Å². The third kappa shape index (κ3) is 5.36. The first kappa shape index (κ1) is 18.5. The molecule has 0 radical (unpaired) electrons. The van der Waals surface area contributed by atoms with Gasteiger partial charge in [0.25, 0.3) is 11.8 Å². The number of rotatable bonds is 6. The van der Waals surface area contributed by atoms with Gasteiger partial charge in [0.2, 0.25) is 0 Å². The largest absolute Gasteiger partial charge is 0.321 e. The highest BCUT2D eigenvalue weighted by atomic mass is 19.1. The molecular weight excluding hydrogens is 328 g/mol. The topological polar surface area (TPSA) is 62.6 Å². The van der Waals surface area contributed by atoms with Crippen LogP contribution in [0.1, 0.15) is 6.92 Å². The maximum absolute atomic E-state index is 13.6. The first-order chi connectivity index (χ1) is 11.9. The molecule has 0 aliphatic carbocycles. The van der Waals surface area contributed by atoms with Crippen LogP contribution in [0.25, 0.3) is 0 Å². The quantitative estimate of drug-likeness (QED) is 0.740. The summed E-state index contributed by atoms with van der Waals surface area (Å²) in [6, 6.07) is 10.7. The summed E-state index contributed by atoms with van der Waals surface area (Å²) in [4.78, 5) is 24.9. The molecule has 0 saturated carbocycles. The molecule has 132 valence electrons. The highest BCUT2D eigenvalue weighted by Crippen LogP contribution is 2.12. The first-order valence-corrected chi connectivity index (χ1v) is 7.80. The number of likely N-dealkylation sites (N-methyl/N-ethyl adjacent to an activating group) is 1. The smallest absolute Gasteiger partial charge is 0.282 e. The van der Waals surface area contributed by atoms with Crippen LogP contribution in [0.3, 0.4) is 0 Å². The summed E-state index contributed by atoms with van der Waals surface area (Å²) in [6.45, 7) is 1.68. The van der Waals surface area contributed by atoms with E-state index in [0.29, 0.717) is 10.6 Å². The summed E-state index contributed by atoms with van der Waals surface area (Å²) >= 11 is 0. The van der Waals surface area contributed by atoms with E-state index in [4.69, 9.17) is 0 Å². The fourth-order valence-corrected chi connectivity index (χ4v) is 2.17. The van der Waals surface area contributed by atoms with Crippen LogP contribution in [-0.2, 0) is 9.59 Å². The highest BCUT2D eigenvalue weighted by molar-refractivity contribution is 5.94. The molecule has 0 fully saturated rings. The van der Waals surface area contributed by atoms with Gasteiger partial charge in [-0.2, -0.15) is 0 Å². The Kier molecular flexibility index (Phi) is 6.19. The van der Waals surface area contributed by atoms with Gasteiger partial charge in [-0.3, -0.25) is 9.59 Å². The van der Waals surface area contributed by atoms with E-state index in [1.807, 2.05) is 0 Å². The molecule has 2 aromatic rings. The summed E-state index contributed by atoms with van der Waals surface area (Å²) in [5.41, 5.74) is 0.575. The average molecular weight is 348 g/mol. The molecule has 25 heavy (non-hydrogen) atoms. The lowest BCUT2D eigenvalue weighted by Crippen LogP contribution is -3.14. The number of halogens is 2. The third-order valence-electron chi connectivity index (χ3n) is 3.83. The fourth-order valence-electron chi connectivity index (χ4n) is 2.17. The second-order valence-corrected chi connectivity index (χ2v) is 5.77. The Morgan fingerprint density at radius 3 is 2.32 bits per heavy atom. The Morgan fingerprint density at radius 1 is 1.04 bits per heavy atom. The van der Waals surface area contributed by atoms with Crippen molar-refractivity contribution in [1.82, 2.24) is 0 Å². The number of benzene rings is 2. The van der Waals surface area contributed by atoms with Crippen LogP contribution in [0.5, 0.6) is 0 Å². The zero-order valence-corrected chi connectivity index (χ0v) is 14.0. The second-order valence-electron chi connectivity index (χ2n) is 5.77. The van der Waals surface area contributed by atoms with Crippen molar-refractivity contribution in [3.05, 3.63) is 60.2 Å². The number of nitrogens with one attached hydrogen (secondary N) is 3. The van der Waals surface area contributed by atoms with Gasteiger partial charge in [0.15, 0.2) is 12.6 Å². The standard InChI is InChI=1S/C18H19F2N3O2/c1-12(18(25)22-16-6-4-3-5-15(16)20)23(2)11-17(24)21-14-9-7-13(19)8-10-14/h3-10,12H,11H2,1-2H3,(H,21,24)(H,22,25)/p+1/t12-/m0/s1. The molecule has 0 spiro atoms. The van der Waals surface area contributed by atoms with Crippen molar-refractivity contribution in [1.29, 1.82) is 0 Å². The van der Waals surface area contributed by atoms with Crippen LogP contribution in [0, 0.1) is 11.6 Å². The molecular formula is C18H20F2N3O2+. The third-order valence-corrected chi connectivity index (χ3v) is 3.83. The maximum atomic E-state index is 13.6. The van der Waals surface area contributed by atoms with Gasteiger partial charge in [0.1, 0.15) is 11.6 Å². The zero-order chi connectivity index (χ0) is 18.4. The number of amides is 2. The molecule has 0 heterocycles. The van der Waals surface area contributed by atoms with Crippen LogP contribution in [0.2, 0.25) is 0 Å². The van der Waals surface area contributed by atoms with Crippen molar-refractivity contribution in [3.63, 3.8) is 0 Å². The molecule has 0 saturated heterocycles. The fraction of sp³-hybridized carbons (Fsp3) is 0.222. The molecule has 0 aliphatic rings. The maximum Gasteiger partial charge on any atom is 0.282 e. The number of quaternary nitrogens is 1. The van der Waals surface area contributed by atoms with Gasteiger partial charge < -0.3 is 15.5 Å². The minimum Gasteiger partial charge on any atom is -0.321 e. The van der Waals surface area contributed by atoms with E-state index < -0.39 is 17.8 Å². The average Bonchev–Trinajstić information content (AvgIpc) is 2.58. The summed E-state index contributed by atoms with van der Waals surface area (Å²) in [5, 5.41) is 5.15. The lowest BCUT2D eigenvalue weighted by atomic mass is 10.2. The lowest BCUT2D eigenvalue weighted by Gasteiger charge is -2.20. The Labute approximate surface area is 144 Å². The van der Waals surface area contributed by atoms with E-state index in [2.05, 4.69) is 10.6 Å². The molecule has 2 atom stereocenters. The van der Waals surface area contributed by atoms with Crippen molar-refractivity contribution in [2.75, 3.05) is 24.2 Å². The molecule has 0 aliphatic heterocycles. The zero-order valence-electron chi connectivity index (χ0n) is 14.0. The molecule has 2 amide bonds. The monoisotopic (exact) mass is 348 g/mol. The van der Waals surface area contributed by atoms with Crippen molar-refractivity contribution in [2.45, 2.75) is 13.0 Å². The van der Waals surface area contributed by atoms with Crippen LogP contribution in [-0.4, -0.2) is 31.4 Å². The summed E-state index contributed by atoms with van der Waals surface area (Å²) in [7, 11) is 1.69. The van der Waals surface area contributed by atoms with E-state index in [0.717, 1.165) is 0 Å². The predicted molar refractivity (Wildman–Crippen MR) is 91.3 cm³/mol. The Morgan fingerprint density at radius 2 is 1.68 bits per heavy atom. The van der Waals surface area contributed by atoms with E-state index in [9.17, 15) is 18.4 Å². The van der Waals surface area contributed by atoms with Crippen molar-refractivity contribution >= 4 is 23.2 Å². The predicted octanol–water partition coefficient (Wildman–Crippen LogP) is 1.45. The van der Waals surface area contributed by atoms with Crippen LogP contribution in [0.15, 0.2) is 48.5 Å². The molecule has 3 N–H and O–H groups in total. The van der Waals surface area contributed by atoms with Crippen molar-refractivity contribution < 1.29 is 23.3 Å². The van der Waals surface area contributed by atoms with Crippen LogP contribution >= 0.6 is 0 Å². The van der Waals surface area contributed by atoms with Gasteiger partial charge in [-0.15, -0.1) is 0 Å². The van der Waals surface area contributed by atoms with Gasteiger partial charge in [-0.25, -0.2) is 8.78 Å². The minimum absolute atomic E-state index is 0.0310. The number of anilines is 2. The van der Waals surface area contributed by atoms with E-state index in [1.54, 1.807) is 20.0 Å². The molecule has 2 aromatic carbocycles. The number of para-hydroxylation sites is 1. The lowest BCUT2D eigenvalue weighted by molar-refractivity contribution is -0.885. The SMILES string of the molecule is C[C@@H](C(=O)Nc1ccccc1F)[NH+](C)CC(=O)Nc1ccc(F)cc1. The molecule has 5 nitrogen and oxygen atoms in total. The highest BCUT2D eigenvalue weighted by Gasteiger charge is 2.24. The van der Waals surface area contributed by atoms with Gasteiger partial charge in [0, 0.05) is 5.69 Å². The van der Waals surface area contributed by atoms with Crippen molar-refractivity contribution in [3.8, 4) is 0 Å². The molecule has 7 heteroatoms. The van der Waals surface area contributed by atoms with E-state index >= 15 is 0 Å². The van der Waals surface area contributed by atoms with Crippen LogP contribution < -0.4 is 15.5 Å². The minimum atomic E-state index is -0.571. The number of hydrogen-bond donors (Lipinski definition) is 3. The van der Waals surface area contributed by atoms with Gasteiger partial charge in [-0.05, 0) is 43.3 Å². The second kappa shape index (κ2) is 8.34. The summed E-state index contributed by atoms with van der Waals surface area (Å²) < 4.78 is 26.4. The Balaban J connectivity index is 1.89. The molecule has 0 bridgehead atoms. The van der Waals surface area contributed by atoms with E-state index in [-0.39, 0.29) is 24.0 Å². The number of hydrogen-bond acceptors (Lipinski definition) is 2. The van der Waals surface area contributed by atoms with E-state index in [1.165, 1.54) is 42.5 Å².